The molecule has 0 radical (unpaired) electrons. The Kier molecular flexibility index (Phi) is 7.96. The molecular weight excluding hydrogens is 316 g/mol. The summed E-state index contributed by atoms with van der Waals surface area (Å²) in [6.07, 6.45) is 0. The van der Waals surface area contributed by atoms with Crippen molar-refractivity contribution < 1.29 is 9.53 Å². The van der Waals surface area contributed by atoms with Crippen molar-refractivity contribution in [3.05, 3.63) is 20.8 Å². The zero-order chi connectivity index (χ0) is 11.3. The van der Waals surface area contributed by atoms with Gasteiger partial charge < -0.3 is 15.8 Å². The molecule has 0 fully saturated rings. The predicted octanol–water partition coefficient (Wildman–Crippen LogP) is 1.52. The first-order valence-electron chi connectivity index (χ1n) is 4.38. The van der Waals surface area contributed by atoms with Gasteiger partial charge in [-0.2, -0.15) is 0 Å². The average Bonchev–Trinajstić information content (AvgIpc) is 2.61. The molecule has 92 valence electrons. The van der Waals surface area contributed by atoms with E-state index >= 15 is 0 Å². The van der Waals surface area contributed by atoms with Crippen LogP contribution in [0.5, 0.6) is 0 Å². The van der Waals surface area contributed by atoms with Gasteiger partial charge in [-0.15, -0.1) is 23.7 Å². The van der Waals surface area contributed by atoms with Crippen molar-refractivity contribution in [1.29, 1.82) is 0 Å². The second kappa shape index (κ2) is 8.03. The van der Waals surface area contributed by atoms with Crippen LogP contribution in [0.1, 0.15) is 4.88 Å². The topological polar surface area (TPSA) is 64.3 Å². The fourth-order valence-corrected chi connectivity index (χ4v) is 2.40. The van der Waals surface area contributed by atoms with Gasteiger partial charge in [0.25, 0.3) is 0 Å². The smallest absolute Gasteiger partial charge is 0.239 e. The molecule has 0 saturated heterocycles. The third kappa shape index (κ3) is 5.27. The number of hydrogen-bond acceptors (Lipinski definition) is 4. The second-order valence-corrected chi connectivity index (χ2v) is 4.92. The van der Waals surface area contributed by atoms with E-state index in [1.165, 1.54) is 7.11 Å². The van der Waals surface area contributed by atoms with Crippen LogP contribution in [0.4, 0.5) is 0 Å². The first-order valence-corrected chi connectivity index (χ1v) is 6.06. The lowest BCUT2D eigenvalue weighted by atomic mass is 10.3. The van der Waals surface area contributed by atoms with Crippen LogP contribution in [0.2, 0.25) is 0 Å². The Hall–Kier alpha value is -0.140. The molecular formula is C9H14BrClN2O2S. The van der Waals surface area contributed by atoms with E-state index in [2.05, 4.69) is 21.2 Å². The zero-order valence-electron chi connectivity index (χ0n) is 8.73. The quantitative estimate of drug-likeness (QED) is 0.861. The van der Waals surface area contributed by atoms with Gasteiger partial charge in [0.15, 0.2) is 0 Å². The van der Waals surface area contributed by atoms with E-state index in [0.29, 0.717) is 6.54 Å². The van der Waals surface area contributed by atoms with Crippen LogP contribution >= 0.6 is 39.7 Å². The van der Waals surface area contributed by atoms with Gasteiger partial charge >= 0.3 is 0 Å². The number of nitrogens with two attached hydrogens (primary N) is 1. The SMILES string of the molecule is COCC(N)C(=O)NCc1cc(Br)cs1.Cl. The summed E-state index contributed by atoms with van der Waals surface area (Å²) in [7, 11) is 1.52. The molecule has 1 unspecified atom stereocenters. The van der Waals surface area contributed by atoms with Gasteiger partial charge in [-0.3, -0.25) is 4.79 Å². The number of carbonyl (C=O) groups is 1. The molecule has 1 heterocycles. The maximum atomic E-state index is 11.4. The summed E-state index contributed by atoms with van der Waals surface area (Å²) in [4.78, 5) is 12.5. The minimum absolute atomic E-state index is 0. The van der Waals surface area contributed by atoms with Gasteiger partial charge in [0, 0.05) is 21.8 Å². The number of amides is 1. The third-order valence-corrected chi connectivity index (χ3v) is 3.44. The highest BCUT2D eigenvalue weighted by Gasteiger charge is 2.12. The third-order valence-electron chi connectivity index (χ3n) is 1.74. The summed E-state index contributed by atoms with van der Waals surface area (Å²) in [6, 6.07) is 1.37. The van der Waals surface area contributed by atoms with Gasteiger partial charge in [-0.25, -0.2) is 0 Å². The molecule has 1 atom stereocenters. The van der Waals surface area contributed by atoms with Crippen molar-refractivity contribution in [2.45, 2.75) is 12.6 Å². The van der Waals surface area contributed by atoms with E-state index in [0.717, 1.165) is 9.35 Å². The molecule has 0 aromatic carbocycles. The second-order valence-electron chi connectivity index (χ2n) is 3.01. The standard InChI is InChI=1S/C9H13BrN2O2S.ClH/c1-14-4-8(11)9(13)12-3-7-2-6(10)5-15-7;/h2,5,8H,3-4,11H2,1H3,(H,12,13);1H. The molecule has 16 heavy (non-hydrogen) atoms. The molecule has 1 aromatic rings. The van der Waals surface area contributed by atoms with Gasteiger partial charge in [0.05, 0.1) is 13.2 Å². The molecule has 0 bridgehead atoms. The van der Waals surface area contributed by atoms with E-state index < -0.39 is 6.04 Å². The number of thiophene rings is 1. The molecule has 0 aliphatic carbocycles. The Morgan fingerprint density at radius 1 is 1.75 bits per heavy atom. The molecule has 0 spiro atoms. The van der Waals surface area contributed by atoms with Gasteiger partial charge in [0.2, 0.25) is 5.91 Å². The van der Waals surface area contributed by atoms with Gasteiger partial charge in [0.1, 0.15) is 6.04 Å². The van der Waals surface area contributed by atoms with Crippen LogP contribution in [0.3, 0.4) is 0 Å². The van der Waals surface area contributed by atoms with E-state index in [-0.39, 0.29) is 24.9 Å². The highest BCUT2D eigenvalue weighted by atomic mass is 79.9. The fraction of sp³-hybridized carbons (Fsp3) is 0.444. The molecule has 0 aliphatic rings. The normalized spacial score (nSPS) is 11.7. The lowest BCUT2D eigenvalue weighted by Crippen LogP contribution is -2.43. The summed E-state index contributed by atoms with van der Waals surface area (Å²) in [6.45, 7) is 0.743. The number of methoxy groups -OCH3 is 1. The monoisotopic (exact) mass is 328 g/mol. The Balaban J connectivity index is 0.00000225. The highest BCUT2D eigenvalue weighted by Crippen LogP contribution is 2.19. The van der Waals surface area contributed by atoms with E-state index in [1.54, 1.807) is 11.3 Å². The Morgan fingerprint density at radius 3 is 2.94 bits per heavy atom. The van der Waals surface area contributed by atoms with E-state index in [4.69, 9.17) is 10.5 Å². The number of ether oxygens (including phenoxy) is 1. The highest BCUT2D eigenvalue weighted by molar-refractivity contribution is 9.10. The number of hydrogen-bond donors (Lipinski definition) is 2. The van der Waals surface area contributed by atoms with Crippen molar-refractivity contribution >= 4 is 45.6 Å². The van der Waals surface area contributed by atoms with Crippen LogP contribution in [0.25, 0.3) is 0 Å². The Labute approximate surface area is 113 Å². The Bertz CT molecular complexity index is 335. The lowest BCUT2D eigenvalue weighted by molar-refractivity contribution is -0.123. The zero-order valence-corrected chi connectivity index (χ0v) is 12.0. The summed E-state index contributed by atoms with van der Waals surface area (Å²) < 4.78 is 5.82. The summed E-state index contributed by atoms with van der Waals surface area (Å²) >= 11 is 4.93. The largest absolute Gasteiger partial charge is 0.383 e. The molecule has 1 amide bonds. The average molecular weight is 330 g/mol. The summed E-state index contributed by atoms with van der Waals surface area (Å²) in [5, 5.41) is 4.71. The molecule has 0 aliphatic heterocycles. The number of halogens is 2. The van der Waals surface area contributed by atoms with E-state index in [9.17, 15) is 4.79 Å². The van der Waals surface area contributed by atoms with Crippen LogP contribution < -0.4 is 11.1 Å². The van der Waals surface area contributed by atoms with Crippen LogP contribution in [0.15, 0.2) is 15.9 Å². The van der Waals surface area contributed by atoms with Crippen molar-refractivity contribution in [2.75, 3.05) is 13.7 Å². The molecule has 3 N–H and O–H groups in total. The van der Waals surface area contributed by atoms with Crippen LogP contribution in [-0.4, -0.2) is 25.7 Å². The molecule has 4 nitrogen and oxygen atoms in total. The summed E-state index contributed by atoms with van der Waals surface area (Å²) in [5.74, 6) is -0.193. The Morgan fingerprint density at radius 2 is 2.44 bits per heavy atom. The van der Waals surface area contributed by atoms with Crippen molar-refractivity contribution in [2.24, 2.45) is 5.73 Å². The molecule has 1 rings (SSSR count). The number of nitrogens with one attached hydrogen (secondary N) is 1. The van der Waals surface area contributed by atoms with Crippen molar-refractivity contribution in [1.82, 2.24) is 5.32 Å². The number of rotatable bonds is 5. The first-order chi connectivity index (χ1) is 7.13. The fourth-order valence-electron chi connectivity index (χ4n) is 1.01. The molecule has 1 aromatic heterocycles. The molecule has 0 saturated carbocycles. The van der Waals surface area contributed by atoms with Crippen molar-refractivity contribution in [3.63, 3.8) is 0 Å². The predicted molar refractivity (Wildman–Crippen MR) is 71.0 cm³/mol. The van der Waals surface area contributed by atoms with Crippen molar-refractivity contribution in [3.8, 4) is 0 Å². The minimum Gasteiger partial charge on any atom is -0.383 e. The number of carbonyl (C=O) groups excluding carboxylic acids is 1. The maximum absolute atomic E-state index is 11.4. The van der Waals surface area contributed by atoms with Crippen LogP contribution in [0, 0.1) is 0 Å². The lowest BCUT2D eigenvalue weighted by Gasteiger charge is -2.10. The van der Waals surface area contributed by atoms with Gasteiger partial charge in [-0.05, 0) is 22.0 Å². The molecule has 7 heteroatoms. The summed E-state index contributed by atoms with van der Waals surface area (Å²) in [5.41, 5.74) is 5.55. The van der Waals surface area contributed by atoms with E-state index in [1.807, 2.05) is 11.4 Å². The minimum atomic E-state index is -0.599. The van der Waals surface area contributed by atoms with Crippen LogP contribution in [-0.2, 0) is 16.1 Å². The first kappa shape index (κ1) is 15.9. The van der Waals surface area contributed by atoms with Gasteiger partial charge in [-0.1, -0.05) is 0 Å². The maximum Gasteiger partial charge on any atom is 0.239 e.